The van der Waals surface area contributed by atoms with Crippen LogP contribution in [0.1, 0.15) is 28.8 Å². The number of nitrogens with zero attached hydrogens (tertiary/aromatic N) is 2. The fraction of sp³-hybridized carbons (Fsp3) is 0.562. The van der Waals surface area contributed by atoms with Crippen LogP contribution in [-0.4, -0.2) is 55.9 Å². The first kappa shape index (κ1) is 14.2. The van der Waals surface area contributed by atoms with Gasteiger partial charge in [0, 0.05) is 31.7 Å². The highest BCUT2D eigenvalue weighted by atomic mass is 16.1. The summed E-state index contributed by atoms with van der Waals surface area (Å²) in [5.74, 6) is 0. The number of carbonyl (C=O) groups excluding carboxylic acids is 1. The van der Waals surface area contributed by atoms with Gasteiger partial charge in [0.05, 0.1) is 0 Å². The van der Waals surface area contributed by atoms with E-state index in [2.05, 4.69) is 29.0 Å². The van der Waals surface area contributed by atoms with Gasteiger partial charge >= 0.3 is 0 Å². The lowest BCUT2D eigenvalue weighted by molar-refractivity contribution is 0.112. The molecule has 0 saturated carbocycles. The largest absolute Gasteiger partial charge is 0.304 e. The van der Waals surface area contributed by atoms with Crippen LogP contribution in [0.4, 0.5) is 0 Å². The van der Waals surface area contributed by atoms with Crippen molar-refractivity contribution in [2.24, 2.45) is 0 Å². The molecule has 104 valence electrons. The van der Waals surface area contributed by atoms with Gasteiger partial charge in [0.2, 0.25) is 0 Å². The van der Waals surface area contributed by atoms with Gasteiger partial charge in [0.1, 0.15) is 6.29 Å². The summed E-state index contributed by atoms with van der Waals surface area (Å²) in [6, 6.07) is 7.95. The van der Waals surface area contributed by atoms with E-state index in [-0.39, 0.29) is 0 Å². The topological polar surface area (TPSA) is 23.6 Å². The van der Waals surface area contributed by atoms with Crippen LogP contribution >= 0.6 is 0 Å². The van der Waals surface area contributed by atoms with Crippen molar-refractivity contribution in [3.8, 4) is 0 Å². The Kier molecular flexibility index (Phi) is 5.55. The fourth-order valence-electron chi connectivity index (χ4n) is 2.50. The Balaban J connectivity index is 1.62. The maximum absolute atomic E-state index is 10.6. The molecular formula is C16H24N2O. The molecule has 0 amide bonds. The van der Waals surface area contributed by atoms with Crippen LogP contribution in [0.2, 0.25) is 0 Å². The minimum absolute atomic E-state index is 0.765. The van der Waals surface area contributed by atoms with Gasteiger partial charge in [-0.1, -0.05) is 24.3 Å². The highest BCUT2D eigenvalue weighted by Crippen LogP contribution is 2.08. The minimum atomic E-state index is 0.765. The zero-order valence-corrected chi connectivity index (χ0v) is 11.8. The molecule has 19 heavy (non-hydrogen) atoms. The van der Waals surface area contributed by atoms with E-state index >= 15 is 0 Å². The van der Waals surface area contributed by atoms with Crippen molar-refractivity contribution in [2.45, 2.75) is 19.3 Å². The van der Waals surface area contributed by atoms with E-state index in [1.54, 1.807) is 0 Å². The molecule has 1 saturated heterocycles. The Morgan fingerprint density at radius 3 is 2.37 bits per heavy atom. The number of likely N-dealkylation sites (N-methyl/N-ethyl adjacent to an activating group) is 1. The Morgan fingerprint density at radius 2 is 1.74 bits per heavy atom. The van der Waals surface area contributed by atoms with Crippen molar-refractivity contribution >= 4 is 6.29 Å². The van der Waals surface area contributed by atoms with Crippen molar-refractivity contribution in [1.82, 2.24) is 9.80 Å². The summed E-state index contributed by atoms with van der Waals surface area (Å²) >= 11 is 0. The van der Waals surface area contributed by atoms with Gasteiger partial charge in [-0.3, -0.25) is 4.79 Å². The zero-order chi connectivity index (χ0) is 13.5. The zero-order valence-electron chi connectivity index (χ0n) is 11.8. The molecule has 1 aromatic carbocycles. The molecule has 0 atom stereocenters. The third kappa shape index (κ3) is 4.77. The van der Waals surface area contributed by atoms with Crippen LogP contribution in [0.3, 0.4) is 0 Å². The summed E-state index contributed by atoms with van der Waals surface area (Å²) in [6.07, 6.45) is 4.51. The lowest BCUT2D eigenvalue weighted by Crippen LogP contribution is -2.44. The van der Waals surface area contributed by atoms with Crippen molar-refractivity contribution in [2.75, 3.05) is 39.8 Å². The SMILES string of the molecule is CN1CCN(CCCCc2ccc(C=O)cc2)CC1. The lowest BCUT2D eigenvalue weighted by Gasteiger charge is -2.32. The van der Waals surface area contributed by atoms with Crippen LogP contribution in [0.15, 0.2) is 24.3 Å². The number of aryl methyl sites for hydroxylation is 1. The Morgan fingerprint density at radius 1 is 1.05 bits per heavy atom. The van der Waals surface area contributed by atoms with Crippen LogP contribution in [0, 0.1) is 0 Å². The van der Waals surface area contributed by atoms with Crippen LogP contribution in [0.5, 0.6) is 0 Å². The van der Waals surface area contributed by atoms with Gasteiger partial charge in [-0.15, -0.1) is 0 Å². The molecule has 0 bridgehead atoms. The number of hydrogen-bond donors (Lipinski definition) is 0. The number of rotatable bonds is 6. The van der Waals surface area contributed by atoms with Crippen LogP contribution in [0.25, 0.3) is 0 Å². The molecule has 0 spiro atoms. The van der Waals surface area contributed by atoms with Gasteiger partial charge in [-0.2, -0.15) is 0 Å². The molecule has 2 rings (SSSR count). The van der Waals surface area contributed by atoms with Crippen LogP contribution < -0.4 is 0 Å². The summed E-state index contributed by atoms with van der Waals surface area (Å²) < 4.78 is 0. The Hall–Kier alpha value is -1.19. The maximum atomic E-state index is 10.6. The number of piperazine rings is 1. The molecule has 0 radical (unpaired) electrons. The summed E-state index contributed by atoms with van der Waals surface area (Å²) in [7, 11) is 2.19. The first-order chi connectivity index (χ1) is 9.28. The molecule has 0 N–H and O–H groups in total. The molecule has 1 fully saturated rings. The summed E-state index contributed by atoms with van der Waals surface area (Å²) in [4.78, 5) is 15.5. The second-order valence-electron chi connectivity index (χ2n) is 5.46. The molecular weight excluding hydrogens is 236 g/mol. The average Bonchev–Trinajstić information content (AvgIpc) is 2.46. The quantitative estimate of drug-likeness (QED) is 0.578. The minimum Gasteiger partial charge on any atom is -0.304 e. The van der Waals surface area contributed by atoms with Gasteiger partial charge in [0.25, 0.3) is 0 Å². The van der Waals surface area contributed by atoms with Gasteiger partial charge in [0.15, 0.2) is 0 Å². The smallest absolute Gasteiger partial charge is 0.150 e. The number of carbonyl (C=O) groups is 1. The third-order valence-corrected chi connectivity index (χ3v) is 3.90. The summed E-state index contributed by atoms with van der Waals surface area (Å²) in [6.45, 7) is 6.05. The van der Waals surface area contributed by atoms with Gasteiger partial charge in [-0.05, 0) is 38.4 Å². The second kappa shape index (κ2) is 7.41. The van der Waals surface area contributed by atoms with Crippen LogP contribution in [-0.2, 0) is 6.42 Å². The molecule has 0 aromatic heterocycles. The lowest BCUT2D eigenvalue weighted by atomic mass is 10.1. The van der Waals surface area contributed by atoms with Crippen molar-refractivity contribution in [3.05, 3.63) is 35.4 Å². The van der Waals surface area contributed by atoms with Crippen molar-refractivity contribution < 1.29 is 4.79 Å². The standard InChI is InChI=1S/C16H24N2O/c1-17-10-12-18(13-11-17)9-3-2-4-15-5-7-16(14-19)8-6-15/h5-8,14H,2-4,9-13H2,1H3. The second-order valence-corrected chi connectivity index (χ2v) is 5.46. The predicted molar refractivity (Wildman–Crippen MR) is 78.7 cm³/mol. The van der Waals surface area contributed by atoms with E-state index < -0.39 is 0 Å². The Bertz CT molecular complexity index is 380. The van der Waals surface area contributed by atoms with Gasteiger partial charge < -0.3 is 9.80 Å². The molecule has 0 aliphatic carbocycles. The van der Waals surface area contributed by atoms with Gasteiger partial charge in [-0.25, -0.2) is 0 Å². The normalized spacial score (nSPS) is 17.5. The maximum Gasteiger partial charge on any atom is 0.150 e. The van der Waals surface area contributed by atoms with E-state index in [4.69, 9.17) is 0 Å². The Labute approximate surface area is 116 Å². The third-order valence-electron chi connectivity index (χ3n) is 3.90. The molecule has 0 unspecified atom stereocenters. The molecule has 1 aromatic rings. The summed E-state index contributed by atoms with van der Waals surface area (Å²) in [5.41, 5.74) is 2.10. The number of hydrogen-bond acceptors (Lipinski definition) is 3. The van der Waals surface area contributed by atoms with Crippen molar-refractivity contribution in [3.63, 3.8) is 0 Å². The van der Waals surface area contributed by atoms with E-state index in [0.29, 0.717) is 0 Å². The van der Waals surface area contributed by atoms with E-state index in [1.165, 1.54) is 51.1 Å². The first-order valence-electron chi connectivity index (χ1n) is 7.23. The monoisotopic (exact) mass is 260 g/mol. The molecule has 1 aliphatic heterocycles. The first-order valence-corrected chi connectivity index (χ1v) is 7.23. The average molecular weight is 260 g/mol. The number of unbranched alkanes of at least 4 members (excludes halogenated alkanes) is 1. The molecule has 1 aliphatic rings. The van der Waals surface area contributed by atoms with E-state index in [1.807, 2.05) is 12.1 Å². The number of aldehydes is 1. The summed E-state index contributed by atoms with van der Waals surface area (Å²) in [5, 5.41) is 0. The highest BCUT2D eigenvalue weighted by Gasteiger charge is 2.12. The molecule has 1 heterocycles. The number of benzene rings is 1. The fourth-order valence-corrected chi connectivity index (χ4v) is 2.50. The molecule has 3 heteroatoms. The van der Waals surface area contributed by atoms with E-state index in [0.717, 1.165) is 18.3 Å². The van der Waals surface area contributed by atoms with Crippen molar-refractivity contribution in [1.29, 1.82) is 0 Å². The molecule has 3 nitrogen and oxygen atoms in total. The van der Waals surface area contributed by atoms with E-state index in [9.17, 15) is 4.79 Å². The highest BCUT2D eigenvalue weighted by molar-refractivity contribution is 5.74. The predicted octanol–water partition coefficient (Wildman–Crippen LogP) is 2.07.